The monoisotopic (exact) mass is 362 g/mol. The summed E-state index contributed by atoms with van der Waals surface area (Å²) < 4.78 is 1.03. The van der Waals surface area contributed by atoms with Gasteiger partial charge in [-0.15, -0.1) is 11.8 Å². The Kier molecular flexibility index (Phi) is 5.47. The van der Waals surface area contributed by atoms with Gasteiger partial charge >= 0.3 is 6.03 Å². The molecule has 2 N–H and O–H groups in total. The molecular weight excluding hydrogens is 344 g/mol. The van der Waals surface area contributed by atoms with Crippen LogP contribution in [-0.2, 0) is 0 Å². The number of ketones is 1. The molecule has 8 heteroatoms. The van der Waals surface area contributed by atoms with Crippen molar-refractivity contribution in [3.05, 3.63) is 30.2 Å². The fourth-order valence-corrected chi connectivity index (χ4v) is 3.98. The lowest BCUT2D eigenvalue weighted by Gasteiger charge is -2.09. The Hall–Kier alpha value is -1.93. The minimum atomic E-state index is -0.387. The van der Waals surface area contributed by atoms with E-state index in [2.05, 4.69) is 20.6 Å². The van der Waals surface area contributed by atoms with Crippen LogP contribution in [0.2, 0.25) is 0 Å². The number of nitrogens with one attached hydrogen (secondary N) is 2. The zero-order valence-corrected chi connectivity index (χ0v) is 14.9. The van der Waals surface area contributed by atoms with Crippen molar-refractivity contribution in [3.8, 4) is 0 Å². The summed E-state index contributed by atoms with van der Waals surface area (Å²) in [6.45, 7) is 0. The maximum Gasteiger partial charge on any atom is 0.325 e. The molecule has 1 aliphatic carbocycles. The first-order valence-electron chi connectivity index (χ1n) is 7.74. The summed E-state index contributed by atoms with van der Waals surface area (Å²) in [5.74, 6) is 0.142. The largest absolute Gasteiger partial charge is 0.325 e. The number of hydrogen-bond donors (Lipinski definition) is 2. The van der Waals surface area contributed by atoms with E-state index in [1.807, 2.05) is 6.26 Å². The molecule has 0 bridgehead atoms. The molecule has 2 aromatic rings. The van der Waals surface area contributed by atoms with Crippen molar-refractivity contribution in [2.45, 2.75) is 29.9 Å². The first-order chi connectivity index (χ1) is 11.7. The normalized spacial score (nSPS) is 14.5. The Bertz CT molecular complexity index is 741. The number of carbonyl (C=O) groups is 2. The van der Waals surface area contributed by atoms with Crippen LogP contribution in [0.25, 0.3) is 0 Å². The number of carbonyl (C=O) groups excluding carboxylic acids is 2. The molecule has 0 aliphatic heterocycles. The number of urea groups is 1. The Labute approximate surface area is 148 Å². The van der Waals surface area contributed by atoms with Crippen LogP contribution in [0.5, 0.6) is 0 Å². The molecule has 0 radical (unpaired) electrons. The van der Waals surface area contributed by atoms with E-state index in [0.29, 0.717) is 16.5 Å². The Balaban J connectivity index is 1.63. The number of thiazole rings is 1. The lowest BCUT2D eigenvalue weighted by Crippen LogP contribution is -2.20. The molecule has 0 spiro atoms. The maximum absolute atomic E-state index is 12.4. The van der Waals surface area contributed by atoms with Gasteiger partial charge < -0.3 is 5.32 Å². The maximum atomic E-state index is 12.4. The molecule has 0 unspecified atom stereocenters. The fraction of sp³-hybridized carbons (Fsp3) is 0.375. The van der Waals surface area contributed by atoms with Crippen molar-refractivity contribution in [2.24, 2.45) is 5.92 Å². The smallest absolute Gasteiger partial charge is 0.308 e. The van der Waals surface area contributed by atoms with Crippen molar-refractivity contribution < 1.29 is 9.59 Å². The van der Waals surface area contributed by atoms with Crippen LogP contribution in [0.3, 0.4) is 0 Å². The molecule has 2 amide bonds. The molecular formula is C16H18N4O2S2. The summed E-state index contributed by atoms with van der Waals surface area (Å²) in [6, 6.07) is 2.91. The summed E-state index contributed by atoms with van der Waals surface area (Å²) in [6.07, 6.45) is 9.28. The van der Waals surface area contributed by atoms with E-state index in [9.17, 15) is 9.59 Å². The van der Waals surface area contributed by atoms with Crippen LogP contribution in [0.1, 0.15) is 36.2 Å². The van der Waals surface area contributed by atoms with Crippen LogP contribution >= 0.6 is 23.1 Å². The first kappa shape index (κ1) is 16.9. The van der Waals surface area contributed by atoms with Crippen LogP contribution < -0.4 is 10.6 Å². The second-order valence-electron chi connectivity index (χ2n) is 5.54. The van der Waals surface area contributed by atoms with Crippen LogP contribution in [0.4, 0.5) is 15.6 Å². The third-order valence-electron chi connectivity index (χ3n) is 3.90. The average Bonchev–Trinajstić information content (AvgIpc) is 3.25. The predicted molar refractivity (Wildman–Crippen MR) is 97.1 cm³/mol. The van der Waals surface area contributed by atoms with Crippen LogP contribution in [0.15, 0.2) is 28.7 Å². The number of pyridine rings is 1. The van der Waals surface area contributed by atoms with Gasteiger partial charge in [0.1, 0.15) is 5.69 Å². The second-order valence-corrected chi connectivity index (χ2v) is 7.68. The summed E-state index contributed by atoms with van der Waals surface area (Å²) in [5, 5.41) is 5.94. The molecule has 1 saturated carbocycles. The number of amides is 2. The fourth-order valence-electron chi connectivity index (χ4n) is 2.71. The van der Waals surface area contributed by atoms with Gasteiger partial charge in [-0.1, -0.05) is 24.2 Å². The topological polar surface area (TPSA) is 84.0 Å². The van der Waals surface area contributed by atoms with E-state index in [4.69, 9.17) is 0 Å². The number of Topliss-reactive ketones (excluding diaryl/α,β-unsaturated/α-hetero) is 1. The Morgan fingerprint density at radius 1 is 1.25 bits per heavy atom. The number of anilines is 2. The van der Waals surface area contributed by atoms with Crippen molar-refractivity contribution in [1.29, 1.82) is 0 Å². The minimum Gasteiger partial charge on any atom is -0.308 e. The summed E-state index contributed by atoms with van der Waals surface area (Å²) in [5.41, 5.74) is 0.962. The van der Waals surface area contributed by atoms with Gasteiger partial charge in [0, 0.05) is 17.8 Å². The van der Waals surface area contributed by atoms with E-state index in [0.717, 1.165) is 29.9 Å². The molecule has 1 aliphatic rings. The van der Waals surface area contributed by atoms with Crippen molar-refractivity contribution in [2.75, 3.05) is 16.9 Å². The first-order valence-corrected chi connectivity index (χ1v) is 9.78. The third-order valence-corrected chi connectivity index (χ3v) is 5.87. The molecule has 0 saturated heterocycles. The molecule has 0 aromatic carbocycles. The number of hydrogen-bond acceptors (Lipinski definition) is 6. The van der Waals surface area contributed by atoms with Crippen molar-refractivity contribution in [1.82, 2.24) is 9.97 Å². The van der Waals surface area contributed by atoms with Crippen molar-refractivity contribution in [3.63, 3.8) is 0 Å². The highest BCUT2D eigenvalue weighted by molar-refractivity contribution is 8.00. The summed E-state index contributed by atoms with van der Waals surface area (Å²) in [7, 11) is 0. The minimum absolute atomic E-state index is 0.0705. The Morgan fingerprint density at radius 2 is 2.04 bits per heavy atom. The highest BCUT2D eigenvalue weighted by atomic mass is 32.2. The van der Waals surface area contributed by atoms with Gasteiger partial charge in [0.15, 0.2) is 10.9 Å². The highest BCUT2D eigenvalue weighted by Gasteiger charge is 2.24. The van der Waals surface area contributed by atoms with Gasteiger partial charge in [-0.25, -0.2) is 9.78 Å². The second kappa shape index (κ2) is 7.76. The lowest BCUT2D eigenvalue weighted by molar-refractivity contribution is 0.0918. The van der Waals surface area contributed by atoms with E-state index in [-0.39, 0.29) is 17.7 Å². The molecule has 2 heterocycles. The highest BCUT2D eigenvalue weighted by Crippen LogP contribution is 2.28. The number of nitrogens with zero attached hydrogens (tertiary/aromatic N) is 2. The lowest BCUT2D eigenvalue weighted by atomic mass is 9.99. The number of thioether (sulfide) groups is 1. The van der Waals surface area contributed by atoms with Gasteiger partial charge in [-0.2, -0.15) is 0 Å². The summed E-state index contributed by atoms with van der Waals surface area (Å²) in [4.78, 5) is 32.7. The van der Waals surface area contributed by atoms with Gasteiger partial charge in [-0.3, -0.25) is 15.1 Å². The molecule has 24 heavy (non-hydrogen) atoms. The van der Waals surface area contributed by atoms with Crippen LogP contribution in [-0.4, -0.2) is 28.0 Å². The molecule has 1 fully saturated rings. The SMILES string of the molecule is CSc1cnc(NC(=O)Nc2ccnc(C(=O)C3CCCC3)c2)s1. The zero-order valence-electron chi connectivity index (χ0n) is 13.2. The molecule has 126 valence electrons. The van der Waals surface area contributed by atoms with E-state index >= 15 is 0 Å². The molecule has 3 rings (SSSR count). The van der Waals surface area contributed by atoms with E-state index in [1.165, 1.54) is 11.3 Å². The molecule has 2 aromatic heterocycles. The van der Waals surface area contributed by atoms with E-state index < -0.39 is 0 Å². The molecule has 0 atom stereocenters. The van der Waals surface area contributed by atoms with Crippen molar-refractivity contribution >= 4 is 45.7 Å². The standard InChI is InChI=1S/C16H18N4O2S2/c1-23-13-9-18-16(24-13)20-15(22)19-11-6-7-17-12(8-11)14(21)10-4-2-3-5-10/h6-10H,2-5H2,1H3,(H2,17,18,19,20,22). The number of rotatable bonds is 5. The average molecular weight is 362 g/mol. The predicted octanol–water partition coefficient (Wildman–Crippen LogP) is 4.28. The summed E-state index contributed by atoms with van der Waals surface area (Å²) >= 11 is 2.99. The van der Waals surface area contributed by atoms with Gasteiger partial charge in [0.25, 0.3) is 0 Å². The molecule has 6 nitrogen and oxygen atoms in total. The van der Waals surface area contributed by atoms with E-state index in [1.54, 1.807) is 36.3 Å². The number of aromatic nitrogens is 2. The van der Waals surface area contributed by atoms with Crippen LogP contribution in [0, 0.1) is 5.92 Å². The quantitative estimate of drug-likeness (QED) is 0.613. The van der Waals surface area contributed by atoms with Gasteiger partial charge in [0.05, 0.1) is 10.4 Å². The zero-order chi connectivity index (χ0) is 16.9. The van der Waals surface area contributed by atoms with Gasteiger partial charge in [0.2, 0.25) is 0 Å². The van der Waals surface area contributed by atoms with Gasteiger partial charge in [-0.05, 0) is 31.2 Å². The third kappa shape index (κ3) is 4.12. The Morgan fingerprint density at radius 3 is 2.75 bits per heavy atom.